The molecule has 0 fully saturated rings. The van der Waals surface area contributed by atoms with Crippen molar-refractivity contribution in [3.8, 4) is 0 Å². The second-order valence-corrected chi connectivity index (χ2v) is 20.2. The van der Waals surface area contributed by atoms with Crippen LogP contribution in [0.3, 0.4) is 0 Å². The zero-order valence-corrected chi connectivity index (χ0v) is 46.8. The second-order valence-electron chi connectivity index (χ2n) is 20.2. The Bertz CT molecular complexity index is 1500. The number of ether oxygens (including phenoxy) is 4. The third kappa shape index (κ3) is 54.0. The van der Waals surface area contributed by atoms with Crippen molar-refractivity contribution in [2.24, 2.45) is 0 Å². The van der Waals surface area contributed by atoms with E-state index in [1.165, 1.54) is 96.3 Å². The van der Waals surface area contributed by atoms with Crippen molar-refractivity contribution in [2.45, 2.75) is 238 Å². The smallest absolute Gasteiger partial charge is 0.361 e. The Morgan fingerprint density at radius 1 is 0.431 bits per heavy atom. The van der Waals surface area contributed by atoms with Gasteiger partial charge in [0.25, 0.3) is 6.29 Å². The van der Waals surface area contributed by atoms with E-state index in [4.69, 9.17) is 18.9 Å². The number of carbonyl (C=O) groups excluding carboxylic acids is 2. The number of hydrogen-bond acceptors (Lipinski definition) is 7. The summed E-state index contributed by atoms with van der Waals surface area (Å²) in [7, 11) is 5.96. The molecule has 0 rings (SSSR count). The van der Waals surface area contributed by atoms with Gasteiger partial charge in [0.15, 0.2) is 6.10 Å². The van der Waals surface area contributed by atoms with Crippen LogP contribution in [0.25, 0.3) is 0 Å². The van der Waals surface area contributed by atoms with Crippen LogP contribution in [0.2, 0.25) is 0 Å². The summed E-state index contributed by atoms with van der Waals surface area (Å²) in [6, 6.07) is 0. The minimum Gasteiger partial charge on any atom is -0.477 e. The first kappa shape index (κ1) is 68.2. The molecule has 0 spiro atoms. The van der Waals surface area contributed by atoms with E-state index in [-0.39, 0.29) is 32.2 Å². The summed E-state index contributed by atoms with van der Waals surface area (Å²) >= 11 is 0. The van der Waals surface area contributed by atoms with Gasteiger partial charge in [-0.3, -0.25) is 9.59 Å². The Morgan fingerprint density at radius 2 is 0.792 bits per heavy atom. The molecule has 0 bridgehead atoms. The van der Waals surface area contributed by atoms with Crippen molar-refractivity contribution >= 4 is 17.9 Å². The summed E-state index contributed by atoms with van der Waals surface area (Å²) in [5.74, 6) is -2.03. The Morgan fingerprint density at radius 3 is 1.19 bits per heavy atom. The van der Waals surface area contributed by atoms with Gasteiger partial charge in [0, 0.05) is 12.8 Å². The maximum absolute atomic E-state index is 12.9. The number of carbonyl (C=O) groups is 3. The van der Waals surface area contributed by atoms with E-state index in [9.17, 15) is 19.5 Å². The van der Waals surface area contributed by atoms with Gasteiger partial charge in [-0.2, -0.15) is 0 Å². The summed E-state index contributed by atoms with van der Waals surface area (Å²) in [4.78, 5) is 37.4. The molecular weight excluding hydrogens is 899 g/mol. The van der Waals surface area contributed by atoms with Crippen molar-refractivity contribution < 1.29 is 42.9 Å². The van der Waals surface area contributed by atoms with Gasteiger partial charge in [-0.05, 0) is 96.3 Å². The predicted octanol–water partition coefficient (Wildman–Crippen LogP) is 17.0. The Kier molecular flexibility index (Phi) is 50.7. The van der Waals surface area contributed by atoms with Gasteiger partial charge >= 0.3 is 17.9 Å². The highest BCUT2D eigenvalue weighted by Crippen LogP contribution is 2.15. The summed E-state index contributed by atoms with van der Waals surface area (Å²) in [6.45, 7) is 4.74. The Labute approximate surface area is 442 Å². The normalized spacial score (nSPS) is 13.5. The van der Waals surface area contributed by atoms with Crippen LogP contribution in [0.5, 0.6) is 0 Å². The number of quaternary nitrogens is 1. The van der Waals surface area contributed by atoms with Gasteiger partial charge in [0.05, 0.1) is 34.4 Å². The van der Waals surface area contributed by atoms with Gasteiger partial charge in [-0.1, -0.05) is 214 Å². The minimum absolute atomic E-state index is 0.180. The van der Waals surface area contributed by atoms with E-state index >= 15 is 0 Å². The topological polar surface area (TPSA) is 108 Å². The molecule has 2 unspecified atom stereocenters. The number of unbranched alkanes of at least 4 members (excludes halogenated alkanes) is 21. The lowest BCUT2D eigenvalue weighted by molar-refractivity contribution is -0.870. The van der Waals surface area contributed by atoms with E-state index in [1.807, 2.05) is 21.1 Å². The van der Waals surface area contributed by atoms with Gasteiger partial charge < -0.3 is 28.5 Å². The number of hydrogen-bond donors (Lipinski definition) is 1. The monoisotopic (exact) mass is 1010 g/mol. The Hall–Kier alpha value is -3.79. The molecule has 0 aromatic heterocycles. The molecule has 0 amide bonds. The number of likely N-dealkylation sites (N-methyl/N-ethyl adjacent to an activating group) is 1. The van der Waals surface area contributed by atoms with Crippen LogP contribution >= 0.6 is 0 Å². The van der Waals surface area contributed by atoms with E-state index in [0.29, 0.717) is 23.9 Å². The number of esters is 2. The third-order valence-corrected chi connectivity index (χ3v) is 12.1. The molecule has 0 aliphatic rings. The average Bonchev–Trinajstić information content (AvgIpc) is 3.35. The fraction of sp³-hybridized carbons (Fsp3) is 0.698. The first-order valence-electron chi connectivity index (χ1n) is 28.9. The lowest BCUT2D eigenvalue weighted by Crippen LogP contribution is -2.40. The number of nitrogens with zero attached hydrogens (tertiary/aromatic N) is 1. The van der Waals surface area contributed by atoms with E-state index in [0.717, 1.165) is 96.3 Å². The van der Waals surface area contributed by atoms with Gasteiger partial charge in [-0.15, -0.1) is 0 Å². The number of carboxylic acids is 1. The third-order valence-electron chi connectivity index (χ3n) is 12.1. The molecule has 72 heavy (non-hydrogen) atoms. The van der Waals surface area contributed by atoms with Crippen molar-refractivity contribution in [2.75, 3.05) is 47.5 Å². The molecule has 0 saturated heterocycles. The zero-order valence-electron chi connectivity index (χ0n) is 46.8. The van der Waals surface area contributed by atoms with Crippen molar-refractivity contribution in [1.29, 1.82) is 0 Å². The molecule has 0 aliphatic heterocycles. The first-order valence-corrected chi connectivity index (χ1v) is 28.9. The molecule has 412 valence electrons. The van der Waals surface area contributed by atoms with Crippen molar-refractivity contribution in [3.05, 3.63) is 97.2 Å². The molecule has 0 saturated carbocycles. The molecular formula is C63H108NO8+. The number of carboxylic acid groups (broad SMARTS) is 1. The summed E-state index contributed by atoms with van der Waals surface area (Å²) in [6.07, 6.45) is 69.0. The molecule has 9 nitrogen and oxygen atoms in total. The van der Waals surface area contributed by atoms with Crippen LogP contribution in [-0.2, 0) is 33.3 Å². The van der Waals surface area contributed by atoms with Crippen LogP contribution in [0.4, 0.5) is 0 Å². The molecule has 9 heteroatoms. The minimum atomic E-state index is -1.52. The maximum Gasteiger partial charge on any atom is 0.361 e. The first-order chi connectivity index (χ1) is 35.1. The van der Waals surface area contributed by atoms with Crippen LogP contribution in [0.1, 0.15) is 226 Å². The predicted molar refractivity (Wildman–Crippen MR) is 304 cm³/mol. The van der Waals surface area contributed by atoms with E-state index in [2.05, 4.69) is 111 Å². The summed E-state index contributed by atoms with van der Waals surface area (Å²) < 4.78 is 22.9. The van der Waals surface area contributed by atoms with E-state index < -0.39 is 24.3 Å². The molecule has 0 heterocycles. The molecule has 0 aromatic carbocycles. The molecule has 0 aromatic rings. The molecule has 2 atom stereocenters. The quantitative estimate of drug-likeness (QED) is 0.0211. The summed E-state index contributed by atoms with van der Waals surface area (Å²) in [5.41, 5.74) is 0. The zero-order chi connectivity index (χ0) is 52.7. The lowest BCUT2D eigenvalue weighted by Gasteiger charge is -2.25. The highest BCUT2D eigenvalue weighted by molar-refractivity contribution is 5.71. The van der Waals surface area contributed by atoms with Crippen molar-refractivity contribution in [3.63, 3.8) is 0 Å². The van der Waals surface area contributed by atoms with Crippen molar-refractivity contribution in [1.82, 2.24) is 0 Å². The number of allylic oxidation sites excluding steroid dienone is 16. The fourth-order valence-electron chi connectivity index (χ4n) is 7.63. The SMILES string of the molecule is CC/C=C\C/C=C\C/C=C\C/C=C\C/C=C\C/C=C\C/C=C\CCCCCCCCCC(=O)OC(COC(=O)CCCCCCCCC/C=C\CCCCCCCCC)COC(OCC[N+](C)(C)C)C(=O)O. The summed E-state index contributed by atoms with van der Waals surface area (Å²) in [5, 5.41) is 9.70. The van der Waals surface area contributed by atoms with Gasteiger partial charge in [0.1, 0.15) is 13.2 Å². The van der Waals surface area contributed by atoms with E-state index in [1.54, 1.807) is 0 Å². The molecule has 1 N–H and O–H groups in total. The second kappa shape index (κ2) is 53.5. The largest absolute Gasteiger partial charge is 0.477 e. The fourth-order valence-corrected chi connectivity index (χ4v) is 7.63. The Balaban J connectivity index is 4.31. The highest BCUT2D eigenvalue weighted by atomic mass is 16.7. The molecule has 0 radical (unpaired) electrons. The van der Waals surface area contributed by atoms with Crippen LogP contribution in [0, 0.1) is 0 Å². The number of rotatable bonds is 52. The lowest BCUT2D eigenvalue weighted by atomic mass is 10.1. The standard InChI is InChI=1S/C63H107NO8/c1-6-8-10-12-14-16-18-20-22-24-26-27-28-29-30-31-32-33-34-35-36-38-40-42-44-46-48-50-52-54-61(66)72-59(58-71-63(62(67)68)69-56-55-64(3,4)5)57-70-60(65)53-51-49-47-45-43-41-39-37-25-23-21-19-17-15-13-11-9-7-2/h8,10,14,16,20,22-23,25-27,29-30,32-33,35-36,59,63H,6-7,9,11-13,15,17-19,21,24,28,31,34,37-58H2,1-5H3/p+1/b10-8-,16-14-,22-20-,25-23-,27-26-,30-29-,33-32-,36-35-. The van der Waals surface area contributed by atoms with Crippen LogP contribution < -0.4 is 0 Å². The molecule has 0 aliphatic carbocycles. The number of aliphatic carboxylic acids is 1. The van der Waals surface area contributed by atoms with Gasteiger partial charge in [0.2, 0.25) is 0 Å². The maximum atomic E-state index is 12.9. The van der Waals surface area contributed by atoms with Crippen LogP contribution in [-0.4, -0.2) is 87.4 Å². The van der Waals surface area contributed by atoms with Gasteiger partial charge in [-0.25, -0.2) is 4.79 Å². The van der Waals surface area contributed by atoms with Crippen LogP contribution in [0.15, 0.2) is 97.2 Å². The average molecular weight is 1010 g/mol. The highest BCUT2D eigenvalue weighted by Gasteiger charge is 2.25.